The second kappa shape index (κ2) is 6.68. The average molecular weight is 265 g/mol. The fourth-order valence-corrected chi connectivity index (χ4v) is 1.45. The van der Waals surface area contributed by atoms with Crippen molar-refractivity contribution in [2.24, 2.45) is 5.92 Å². The molecular formula is C14H16FNO3. The van der Waals surface area contributed by atoms with Gasteiger partial charge in [-0.25, -0.2) is 4.39 Å². The lowest BCUT2D eigenvalue weighted by atomic mass is 10.1. The molecule has 0 saturated carbocycles. The van der Waals surface area contributed by atoms with Gasteiger partial charge in [-0.3, -0.25) is 9.59 Å². The minimum absolute atomic E-state index is 0.141. The van der Waals surface area contributed by atoms with E-state index in [2.05, 4.69) is 0 Å². The van der Waals surface area contributed by atoms with Crippen molar-refractivity contribution in [2.75, 3.05) is 13.6 Å². The predicted octanol–water partition coefficient (Wildman–Crippen LogP) is 2.02. The third kappa shape index (κ3) is 4.91. The van der Waals surface area contributed by atoms with E-state index >= 15 is 0 Å². The van der Waals surface area contributed by atoms with Gasteiger partial charge in [0.25, 0.3) is 0 Å². The van der Waals surface area contributed by atoms with E-state index in [0.29, 0.717) is 5.56 Å². The van der Waals surface area contributed by atoms with Crippen molar-refractivity contribution < 1.29 is 19.1 Å². The Balaban J connectivity index is 2.58. The number of carboxylic acid groups (broad SMARTS) is 1. The largest absolute Gasteiger partial charge is 0.481 e. The van der Waals surface area contributed by atoms with Crippen LogP contribution in [0.25, 0.3) is 6.08 Å². The number of carbonyl (C=O) groups excluding carboxylic acids is 1. The van der Waals surface area contributed by atoms with Gasteiger partial charge in [-0.05, 0) is 23.8 Å². The Morgan fingerprint density at radius 1 is 1.37 bits per heavy atom. The van der Waals surface area contributed by atoms with Gasteiger partial charge in [-0.2, -0.15) is 0 Å². The smallest absolute Gasteiger partial charge is 0.308 e. The van der Waals surface area contributed by atoms with Crippen molar-refractivity contribution in [1.29, 1.82) is 0 Å². The van der Waals surface area contributed by atoms with Crippen molar-refractivity contribution in [3.8, 4) is 0 Å². The molecule has 1 unspecified atom stereocenters. The number of carbonyl (C=O) groups is 2. The molecule has 1 amide bonds. The maximum Gasteiger partial charge on any atom is 0.308 e. The zero-order valence-electron chi connectivity index (χ0n) is 10.8. The lowest BCUT2D eigenvalue weighted by Crippen LogP contribution is -2.32. The Bertz CT molecular complexity index is 482. The van der Waals surface area contributed by atoms with Crippen molar-refractivity contribution >= 4 is 18.0 Å². The molecule has 1 aromatic carbocycles. The number of amides is 1. The molecule has 0 saturated heterocycles. The average Bonchev–Trinajstić information content (AvgIpc) is 2.37. The standard InChI is InChI=1S/C14H16FNO3/c1-10(14(18)19)9-16(2)13(17)8-5-11-3-6-12(15)7-4-11/h3-8,10H,9H2,1-2H3,(H,18,19). The molecule has 0 aromatic heterocycles. The fourth-order valence-electron chi connectivity index (χ4n) is 1.45. The minimum Gasteiger partial charge on any atom is -0.481 e. The van der Waals surface area contributed by atoms with Gasteiger partial charge in [0.05, 0.1) is 5.92 Å². The highest BCUT2D eigenvalue weighted by atomic mass is 19.1. The molecule has 0 fully saturated rings. The van der Waals surface area contributed by atoms with Crippen molar-refractivity contribution in [2.45, 2.75) is 6.92 Å². The topological polar surface area (TPSA) is 57.6 Å². The predicted molar refractivity (Wildman–Crippen MR) is 69.9 cm³/mol. The Hall–Kier alpha value is -2.17. The summed E-state index contributed by atoms with van der Waals surface area (Å²) in [6.45, 7) is 1.68. The summed E-state index contributed by atoms with van der Waals surface area (Å²) in [4.78, 5) is 23.7. The minimum atomic E-state index is -0.942. The molecule has 102 valence electrons. The highest BCUT2D eigenvalue weighted by Crippen LogP contribution is 2.05. The van der Waals surface area contributed by atoms with Crippen molar-refractivity contribution in [3.05, 3.63) is 41.7 Å². The number of hydrogen-bond acceptors (Lipinski definition) is 2. The van der Waals surface area contributed by atoms with Crippen LogP contribution in [-0.4, -0.2) is 35.5 Å². The van der Waals surface area contributed by atoms with Crippen LogP contribution in [0.4, 0.5) is 4.39 Å². The molecule has 1 atom stereocenters. The van der Waals surface area contributed by atoms with Gasteiger partial charge in [0.1, 0.15) is 5.82 Å². The maximum atomic E-state index is 12.7. The van der Waals surface area contributed by atoms with E-state index in [1.165, 1.54) is 37.1 Å². The van der Waals surface area contributed by atoms with Crippen LogP contribution >= 0.6 is 0 Å². The monoisotopic (exact) mass is 265 g/mol. The van der Waals surface area contributed by atoms with Crippen molar-refractivity contribution in [3.63, 3.8) is 0 Å². The molecule has 4 nitrogen and oxygen atoms in total. The lowest BCUT2D eigenvalue weighted by molar-refractivity contribution is -0.142. The van der Waals surface area contributed by atoms with E-state index in [1.54, 1.807) is 18.2 Å². The second-order valence-electron chi connectivity index (χ2n) is 4.34. The van der Waals surface area contributed by atoms with Gasteiger partial charge in [-0.15, -0.1) is 0 Å². The molecular weight excluding hydrogens is 249 g/mol. The summed E-state index contributed by atoms with van der Waals surface area (Å²) in [5.74, 6) is -2.19. The number of halogens is 1. The number of nitrogens with zero attached hydrogens (tertiary/aromatic N) is 1. The molecule has 0 bridgehead atoms. The van der Waals surface area contributed by atoms with Crippen LogP contribution in [-0.2, 0) is 9.59 Å². The van der Waals surface area contributed by atoms with Crippen LogP contribution in [0.15, 0.2) is 30.3 Å². The quantitative estimate of drug-likeness (QED) is 0.829. The van der Waals surface area contributed by atoms with Gasteiger partial charge in [-0.1, -0.05) is 19.1 Å². The third-order valence-corrected chi connectivity index (χ3v) is 2.63. The summed E-state index contributed by atoms with van der Waals surface area (Å²) in [6.07, 6.45) is 2.89. The Morgan fingerprint density at radius 2 is 1.95 bits per heavy atom. The van der Waals surface area contributed by atoms with E-state index in [-0.39, 0.29) is 18.3 Å². The number of likely N-dealkylation sites (N-methyl/N-ethyl adjacent to an activating group) is 1. The molecule has 0 aliphatic carbocycles. The molecule has 1 rings (SSSR count). The maximum absolute atomic E-state index is 12.7. The van der Waals surface area contributed by atoms with E-state index < -0.39 is 11.9 Å². The number of benzene rings is 1. The first-order valence-electron chi connectivity index (χ1n) is 5.81. The Kier molecular flexibility index (Phi) is 5.23. The zero-order valence-corrected chi connectivity index (χ0v) is 10.8. The fraction of sp³-hybridized carbons (Fsp3) is 0.286. The van der Waals surface area contributed by atoms with Gasteiger partial charge >= 0.3 is 5.97 Å². The molecule has 5 heteroatoms. The molecule has 0 aliphatic rings. The number of carboxylic acids is 1. The van der Waals surface area contributed by atoms with E-state index in [0.717, 1.165) is 0 Å². The Morgan fingerprint density at radius 3 is 2.47 bits per heavy atom. The van der Waals surface area contributed by atoms with Gasteiger partial charge in [0.2, 0.25) is 5.91 Å². The number of rotatable bonds is 5. The second-order valence-corrected chi connectivity index (χ2v) is 4.34. The molecule has 1 aromatic rings. The summed E-state index contributed by atoms with van der Waals surface area (Å²) in [6, 6.07) is 5.72. The van der Waals surface area contributed by atoms with Crippen LogP contribution < -0.4 is 0 Å². The van der Waals surface area contributed by atoms with Crippen LogP contribution in [0.5, 0.6) is 0 Å². The molecule has 1 N–H and O–H groups in total. The van der Waals surface area contributed by atoms with Crippen LogP contribution in [0.1, 0.15) is 12.5 Å². The zero-order chi connectivity index (χ0) is 14.4. The first-order chi connectivity index (χ1) is 8.90. The normalized spacial score (nSPS) is 12.4. The summed E-state index contributed by atoms with van der Waals surface area (Å²) in [5, 5.41) is 8.76. The highest BCUT2D eigenvalue weighted by Gasteiger charge is 2.15. The lowest BCUT2D eigenvalue weighted by Gasteiger charge is -2.17. The van der Waals surface area contributed by atoms with Gasteiger partial charge in [0, 0.05) is 19.7 Å². The number of hydrogen-bond donors (Lipinski definition) is 1. The van der Waals surface area contributed by atoms with Gasteiger partial charge < -0.3 is 10.0 Å². The first-order valence-corrected chi connectivity index (χ1v) is 5.81. The number of aliphatic carboxylic acids is 1. The summed E-state index contributed by atoms with van der Waals surface area (Å²) in [7, 11) is 1.54. The third-order valence-electron chi connectivity index (χ3n) is 2.63. The summed E-state index contributed by atoms with van der Waals surface area (Å²) < 4.78 is 12.7. The first kappa shape index (κ1) is 14.9. The van der Waals surface area contributed by atoms with E-state index in [4.69, 9.17) is 5.11 Å². The molecule has 0 aliphatic heterocycles. The Labute approximate surface area is 111 Å². The van der Waals surface area contributed by atoms with Crippen LogP contribution in [0.2, 0.25) is 0 Å². The van der Waals surface area contributed by atoms with E-state index in [9.17, 15) is 14.0 Å². The molecule has 0 spiro atoms. The molecule has 0 heterocycles. The summed E-state index contributed by atoms with van der Waals surface area (Å²) in [5.41, 5.74) is 0.703. The van der Waals surface area contributed by atoms with Gasteiger partial charge in [0.15, 0.2) is 0 Å². The van der Waals surface area contributed by atoms with E-state index in [1.807, 2.05) is 0 Å². The SMILES string of the molecule is CC(CN(C)C(=O)C=Cc1ccc(F)cc1)C(=O)O. The van der Waals surface area contributed by atoms with Crippen LogP contribution in [0.3, 0.4) is 0 Å². The summed E-state index contributed by atoms with van der Waals surface area (Å²) >= 11 is 0. The molecule has 19 heavy (non-hydrogen) atoms. The molecule has 0 radical (unpaired) electrons. The van der Waals surface area contributed by atoms with Crippen molar-refractivity contribution in [1.82, 2.24) is 4.90 Å². The van der Waals surface area contributed by atoms with Crippen LogP contribution in [0, 0.1) is 11.7 Å². The highest BCUT2D eigenvalue weighted by molar-refractivity contribution is 5.91.